The fraction of sp³-hybridized carbons (Fsp3) is 0.412. The number of hydrogen-bond donors (Lipinski definition) is 1. The molecule has 1 N–H and O–H groups in total. The third-order valence-corrected chi connectivity index (χ3v) is 4.27. The lowest BCUT2D eigenvalue weighted by Crippen LogP contribution is -2.40. The molecule has 1 aromatic heterocycles. The van der Waals surface area contributed by atoms with Gasteiger partial charge in [0.05, 0.1) is 13.1 Å². The number of aromatic nitrogens is 1. The molecule has 0 aliphatic carbocycles. The first-order valence-electron chi connectivity index (χ1n) is 7.61. The summed E-state index contributed by atoms with van der Waals surface area (Å²) in [5.74, 6) is 1.73. The summed E-state index contributed by atoms with van der Waals surface area (Å²) < 4.78 is 5.76. The number of halogens is 1. The van der Waals surface area contributed by atoms with Crippen LogP contribution in [0.15, 0.2) is 35.5 Å². The van der Waals surface area contributed by atoms with Gasteiger partial charge in [-0.05, 0) is 26.0 Å². The van der Waals surface area contributed by atoms with E-state index in [1.807, 2.05) is 25.4 Å². The average molecular weight is 460 g/mol. The molecule has 0 amide bonds. The van der Waals surface area contributed by atoms with Crippen LogP contribution >= 0.6 is 35.3 Å². The Balaban J connectivity index is 0.00000288. The third kappa shape index (κ3) is 6.64. The Hall–Kier alpha value is -1.35. The van der Waals surface area contributed by atoms with Gasteiger partial charge in [0.15, 0.2) is 5.96 Å². The van der Waals surface area contributed by atoms with Crippen LogP contribution in [0.25, 0.3) is 0 Å². The Labute approximate surface area is 165 Å². The number of benzene rings is 1. The van der Waals surface area contributed by atoms with Crippen LogP contribution in [-0.2, 0) is 6.54 Å². The predicted molar refractivity (Wildman–Crippen MR) is 112 cm³/mol. The maximum absolute atomic E-state index is 5.76. The maximum atomic E-state index is 5.76. The van der Waals surface area contributed by atoms with Crippen molar-refractivity contribution in [1.82, 2.24) is 15.2 Å². The van der Waals surface area contributed by atoms with E-state index in [0.29, 0.717) is 13.2 Å². The molecule has 0 fully saturated rings. The van der Waals surface area contributed by atoms with E-state index in [0.717, 1.165) is 23.3 Å². The topological polar surface area (TPSA) is 49.8 Å². The zero-order valence-electron chi connectivity index (χ0n) is 14.6. The number of aliphatic imine (C=N–C) groups is 1. The standard InChI is InChI=1S/C17H24N4OS.HI/c1-13-5-7-15(8-6-13)22-10-9-21(4)17(18-3)20-12-16-19-11-14(2)23-16;/h5-8,11H,9-10,12H2,1-4H3,(H,18,20);1H. The summed E-state index contributed by atoms with van der Waals surface area (Å²) in [6.07, 6.45) is 1.89. The molecule has 2 rings (SSSR count). The summed E-state index contributed by atoms with van der Waals surface area (Å²) in [5, 5.41) is 4.39. The molecule has 132 valence electrons. The van der Waals surface area contributed by atoms with Crippen LogP contribution in [0.5, 0.6) is 5.75 Å². The minimum absolute atomic E-state index is 0. The minimum atomic E-state index is 0. The highest BCUT2D eigenvalue weighted by Gasteiger charge is 2.07. The molecule has 0 spiro atoms. The van der Waals surface area contributed by atoms with Crippen LogP contribution in [-0.4, -0.2) is 43.1 Å². The molecule has 0 unspecified atom stereocenters. The summed E-state index contributed by atoms with van der Waals surface area (Å²) in [4.78, 5) is 11.9. The fourth-order valence-corrected chi connectivity index (χ4v) is 2.79. The van der Waals surface area contributed by atoms with Gasteiger partial charge >= 0.3 is 0 Å². The Morgan fingerprint density at radius 1 is 1.29 bits per heavy atom. The molecule has 0 atom stereocenters. The molecule has 24 heavy (non-hydrogen) atoms. The smallest absolute Gasteiger partial charge is 0.193 e. The average Bonchev–Trinajstić information content (AvgIpc) is 2.95. The quantitative estimate of drug-likeness (QED) is 0.408. The first-order chi connectivity index (χ1) is 11.1. The summed E-state index contributed by atoms with van der Waals surface area (Å²) >= 11 is 1.70. The van der Waals surface area contributed by atoms with Crippen molar-refractivity contribution in [1.29, 1.82) is 0 Å². The number of guanidine groups is 1. The van der Waals surface area contributed by atoms with Gasteiger partial charge in [-0.2, -0.15) is 0 Å². The normalized spacial score (nSPS) is 10.9. The maximum Gasteiger partial charge on any atom is 0.193 e. The Morgan fingerprint density at radius 3 is 2.58 bits per heavy atom. The van der Waals surface area contributed by atoms with E-state index in [4.69, 9.17) is 4.74 Å². The van der Waals surface area contributed by atoms with E-state index in [2.05, 4.69) is 46.2 Å². The second-order valence-electron chi connectivity index (χ2n) is 5.35. The van der Waals surface area contributed by atoms with E-state index in [-0.39, 0.29) is 24.0 Å². The van der Waals surface area contributed by atoms with Gasteiger partial charge in [-0.3, -0.25) is 4.99 Å². The lowest BCUT2D eigenvalue weighted by Gasteiger charge is -2.21. The molecule has 7 heteroatoms. The summed E-state index contributed by atoms with van der Waals surface area (Å²) in [6.45, 7) is 6.18. The van der Waals surface area contributed by atoms with E-state index in [9.17, 15) is 0 Å². The van der Waals surface area contributed by atoms with Crippen molar-refractivity contribution in [2.75, 3.05) is 27.2 Å². The van der Waals surface area contributed by atoms with Crippen molar-refractivity contribution in [2.24, 2.45) is 4.99 Å². The lowest BCUT2D eigenvalue weighted by molar-refractivity contribution is 0.281. The van der Waals surface area contributed by atoms with Gasteiger partial charge in [-0.1, -0.05) is 17.7 Å². The Bertz CT molecular complexity index is 642. The highest BCUT2D eigenvalue weighted by atomic mass is 127. The monoisotopic (exact) mass is 460 g/mol. The minimum Gasteiger partial charge on any atom is -0.492 e. The van der Waals surface area contributed by atoms with Crippen LogP contribution in [0.2, 0.25) is 0 Å². The lowest BCUT2D eigenvalue weighted by atomic mass is 10.2. The van der Waals surface area contributed by atoms with Crippen molar-refractivity contribution in [3.05, 3.63) is 45.9 Å². The number of rotatable bonds is 6. The summed E-state index contributed by atoms with van der Waals surface area (Å²) in [6, 6.07) is 8.09. The molecule has 1 aromatic carbocycles. The largest absolute Gasteiger partial charge is 0.492 e. The van der Waals surface area contributed by atoms with Crippen molar-refractivity contribution in [3.63, 3.8) is 0 Å². The molecular formula is C17H25IN4OS. The number of ether oxygens (including phenoxy) is 1. The molecule has 5 nitrogen and oxygen atoms in total. The van der Waals surface area contributed by atoms with Crippen LogP contribution < -0.4 is 10.1 Å². The van der Waals surface area contributed by atoms with Gasteiger partial charge in [-0.15, -0.1) is 35.3 Å². The molecule has 0 saturated carbocycles. The van der Waals surface area contributed by atoms with Gasteiger partial charge in [0.25, 0.3) is 0 Å². The van der Waals surface area contributed by atoms with Gasteiger partial charge in [0.1, 0.15) is 17.4 Å². The van der Waals surface area contributed by atoms with E-state index < -0.39 is 0 Å². The van der Waals surface area contributed by atoms with E-state index in [1.54, 1.807) is 18.4 Å². The first kappa shape index (κ1) is 20.7. The van der Waals surface area contributed by atoms with Crippen LogP contribution in [0.3, 0.4) is 0 Å². The number of likely N-dealkylation sites (N-methyl/N-ethyl adjacent to an activating group) is 1. The highest BCUT2D eigenvalue weighted by Crippen LogP contribution is 2.12. The number of aryl methyl sites for hydroxylation is 2. The second-order valence-corrected chi connectivity index (χ2v) is 6.67. The van der Waals surface area contributed by atoms with Crippen molar-refractivity contribution in [2.45, 2.75) is 20.4 Å². The van der Waals surface area contributed by atoms with E-state index in [1.165, 1.54) is 10.4 Å². The Kier molecular flexibility index (Phi) is 9.05. The highest BCUT2D eigenvalue weighted by molar-refractivity contribution is 14.0. The molecule has 0 aliphatic rings. The first-order valence-corrected chi connectivity index (χ1v) is 8.42. The molecule has 0 aliphatic heterocycles. The summed E-state index contributed by atoms with van der Waals surface area (Å²) in [5.41, 5.74) is 1.23. The zero-order valence-corrected chi connectivity index (χ0v) is 17.7. The molecule has 0 saturated heterocycles. The fourth-order valence-electron chi connectivity index (χ4n) is 2.06. The molecule has 1 heterocycles. The van der Waals surface area contributed by atoms with Gasteiger partial charge in [-0.25, -0.2) is 4.98 Å². The van der Waals surface area contributed by atoms with Gasteiger partial charge in [0, 0.05) is 25.2 Å². The number of thiazole rings is 1. The molecular weight excluding hydrogens is 435 g/mol. The Morgan fingerprint density at radius 2 is 2.00 bits per heavy atom. The van der Waals surface area contributed by atoms with Crippen LogP contribution in [0.4, 0.5) is 0 Å². The van der Waals surface area contributed by atoms with Crippen LogP contribution in [0.1, 0.15) is 15.4 Å². The van der Waals surface area contributed by atoms with Crippen molar-refractivity contribution < 1.29 is 4.74 Å². The van der Waals surface area contributed by atoms with Crippen molar-refractivity contribution in [3.8, 4) is 5.75 Å². The number of nitrogens with one attached hydrogen (secondary N) is 1. The van der Waals surface area contributed by atoms with Crippen LogP contribution in [0, 0.1) is 13.8 Å². The third-order valence-electron chi connectivity index (χ3n) is 3.36. The second kappa shape index (κ2) is 10.5. The number of hydrogen-bond acceptors (Lipinski definition) is 4. The summed E-state index contributed by atoms with van der Waals surface area (Å²) in [7, 11) is 3.79. The van der Waals surface area contributed by atoms with Gasteiger partial charge < -0.3 is 15.0 Å². The zero-order chi connectivity index (χ0) is 16.7. The van der Waals surface area contributed by atoms with E-state index >= 15 is 0 Å². The molecule has 0 radical (unpaired) electrons. The number of nitrogens with zero attached hydrogens (tertiary/aromatic N) is 3. The molecule has 2 aromatic rings. The molecule has 0 bridgehead atoms. The predicted octanol–water partition coefficient (Wildman–Crippen LogP) is 3.46. The van der Waals surface area contributed by atoms with Gasteiger partial charge in [0.2, 0.25) is 0 Å². The van der Waals surface area contributed by atoms with Crippen molar-refractivity contribution >= 4 is 41.3 Å². The SMILES string of the molecule is CN=C(NCc1ncc(C)s1)N(C)CCOc1ccc(C)cc1.I.